The van der Waals surface area contributed by atoms with E-state index < -0.39 is 0 Å². The van der Waals surface area contributed by atoms with Gasteiger partial charge >= 0.3 is 0 Å². The number of para-hydroxylation sites is 1. The van der Waals surface area contributed by atoms with Crippen LogP contribution in [-0.4, -0.2) is 40.6 Å². The van der Waals surface area contributed by atoms with E-state index in [1.807, 2.05) is 43.3 Å². The van der Waals surface area contributed by atoms with Gasteiger partial charge in [-0.3, -0.25) is 9.59 Å². The Balaban J connectivity index is 1.91. The summed E-state index contributed by atoms with van der Waals surface area (Å²) < 4.78 is 1.67. The third-order valence-corrected chi connectivity index (χ3v) is 4.22. The first kappa shape index (κ1) is 18.4. The second-order valence-corrected chi connectivity index (χ2v) is 6.61. The molecule has 1 heterocycles. The summed E-state index contributed by atoms with van der Waals surface area (Å²) in [5.41, 5.74) is 3.84. The Morgan fingerprint density at radius 2 is 1.70 bits per heavy atom. The minimum atomic E-state index is -0.300. The second kappa shape index (κ2) is 7.45. The van der Waals surface area contributed by atoms with Gasteiger partial charge in [-0.25, -0.2) is 4.68 Å². The number of amides is 2. The highest BCUT2D eigenvalue weighted by Crippen LogP contribution is 2.21. The highest BCUT2D eigenvalue weighted by molar-refractivity contribution is 6.09. The van der Waals surface area contributed by atoms with Crippen LogP contribution in [-0.2, 0) is 0 Å². The van der Waals surface area contributed by atoms with Gasteiger partial charge < -0.3 is 10.2 Å². The van der Waals surface area contributed by atoms with E-state index in [-0.39, 0.29) is 11.8 Å². The van der Waals surface area contributed by atoms with Crippen LogP contribution in [0, 0.1) is 13.8 Å². The van der Waals surface area contributed by atoms with Gasteiger partial charge in [0.2, 0.25) is 0 Å². The van der Waals surface area contributed by atoms with Crippen LogP contribution in [0.15, 0.2) is 54.7 Å². The minimum absolute atomic E-state index is 0.161. The summed E-state index contributed by atoms with van der Waals surface area (Å²) in [5.74, 6) is -0.461. The molecular formula is C21H22N4O2. The molecule has 138 valence electrons. The predicted molar refractivity (Wildman–Crippen MR) is 105 cm³/mol. The van der Waals surface area contributed by atoms with Gasteiger partial charge in [-0.1, -0.05) is 29.8 Å². The maximum absolute atomic E-state index is 12.8. The average molecular weight is 362 g/mol. The molecule has 1 aromatic heterocycles. The zero-order chi connectivity index (χ0) is 19.6. The number of benzene rings is 2. The number of nitrogens with zero attached hydrogens (tertiary/aromatic N) is 3. The van der Waals surface area contributed by atoms with E-state index >= 15 is 0 Å². The number of aromatic nitrogens is 2. The molecule has 27 heavy (non-hydrogen) atoms. The fraction of sp³-hybridized carbons (Fsp3) is 0.190. The Hall–Kier alpha value is -3.41. The second-order valence-electron chi connectivity index (χ2n) is 6.61. The first-order chi connectivity index (χ1) is 12.9. The average Bonchev–Trinajstić information content (AvgIpc) is 3.05. The molecule has 0 aliphatic rings. The van der Waals surface area contributed by atoms with Crippen molar-refractivity contribution >= 4 is 17.5 Å². The number of hydrogen-bond acceptors (Lipinski definition) is 3. The monoisotopic (exact) mass is 362 g/mol. The fourth-order valence-corrected chi connectivity index (χ4v) is 2.77. The van der Waals surface area contributed by atoms with Crippen LogP contribution in [0.5, 0.6) is 0 Å². The Kier molecular flexibility index (Phi) is 5.07. The van der Waals surface area contributed by atoms with E-state index in [0.29, 0.717) is 22.5 Å². The van der Waals surface area contributed by atoms with Crippen molar-refractivity contribution in [3.8, 4) is 5.69 Å². The van der Waals surface area contributed by atoms with Gasteiger partial charge in [0.25, 0.3) is 11.8 Å². The van der Waals surface area contributed by atoms with Crippen LogP contribution >= 0.6 is 0 Å². The Bertz CT molecular complexity index is 991. The standard InChI is InChI=1S/C21H22N4O2/c1-14-10-11-19(17(12-14)21(27)24(3)4)22-20(26)18-13-25(23-15(18)2)16-8-6-5-7-9-16/h5-13H,1-4H3,(H,22,26). The van der Waals surface area contributed by atoms with Crippen molar-refractivity contribution in [1.29, 1.82) is 0 Å². The number of aryl methyl sites for hydroxylation is 2. The van der Waals surface area contributed by atoms with Crippen molar-refractivity contribution in [3.63, 3.8) is 0 Å². The zero-order valence-corrected chi connectivity index (χ0v) is 15.9. The number of carbonyl (C=O) groups excluding carboxylic acids is 2. The van der Waals surface area contributed by atoms with Crippen LogP contribution in [0.25, 0.3) is 5.69 Å². The van der Waals surface area contributed by atoms with Crippen LogP contribution < -0.4 is 5.32 Å². The van der Waals surface area contributed by atoms with E-state index in [0.717, 1.165) is 11.3 Å². The van der Waals surface area contributed by atoms with Gasteiger partial charge in [0.15, 0.2) is 0 Å². The molecule has 0 unspecified atom stereocenters. The Morgan fingerprint density at radius 1 is 1.00 bits per heavy atom. The fourth-order valence-electron chi connectivity index (χ4n) is 2.77. The third kappa shape index (κ3) is 3.89. The molecule has 6 nitrogen and oxygen atoms in total. The molecule has 0 fully saturated rings. The number of hydrogen-bond donors (Lipinski definition) is 1. The van der Waals surface area contributed by atoms with Crippen LogP contribution in [0.1, 0.15) is 32.0 Å². The lowest BCUT2D eigenvalue weighted by atomic mass is 10.1. The lowest BCUT2D eigenvalue weighted by Crippen LogP contribution is -2.24. The maximum atomic E-state index is 12.8. The first-order valence-electron chi connectivity index (χ1n) is 8.62. The molecule has 0 atom stereocenters. The number of carbonyl (C=O) groups is 2. The van der Waals surface area contributed by atoms with Crippen LogP contribution in [0.2, 0.25) is 0 Å². The molecule has 1 N–H and O–H groups in total. The van der Waals surface area contributed by atoms with Crippen LogP contribution in [0.4, 0.5) is 5.69 Å². The highest BCUT2D eigenvalue weighted by Gasteiger charge is 2.19. The summed E-state index contributed by atoms with van der Waals surface area (Å²) >= 11 is 0. The topological polar surface area (TPSA) is 67.2 Å². The zero-order valence-electron chi connectivity index (χ0n) is 15.9. The van der Waals surface area contributed by atoms with Gasteiger partial charge in [0.05, 0.1) is 28.2 Å². The number of anilines is 1. The summed E-state index contributed by atoms with van der Waals surface area (Å²) in [6.07, 6.45) is 1.70. The number of nitrogens with one attached hydrogen (secondary N) is 1. The van der Waals surface area contributed by atoms with Gasteiger partial charge in [0.1, 0.15) is 0 Å². The van der Waals surface area contributed by atoms with Crippen molar-refractivity contribution in [2.24, 2.45) is 0 Å². The lowest BCUT2D eigenvalue weighted by Gasteiger charge is -2.15. The molecule has 0 bridgehead atoms. The maximum Gasteiger partial charge on any atom is 0.259 e. The van der Waals surface area contributed by atoms with E-state index in [4.69, 9.17) is 0 Å². The Labute approximate surface area is 158 Å². The molecule has 2 amide bonds. The van der Waals surface area contributed by atoms with Gasteiger partial charge in [-0.05, 0) is 38.1 Å². The van der Waals surface area contributed by atoms with Gasteiger partial charge in [0, 0.05) is 20.3 Å². The molecule has 0 aliphatic heterocycles. The van der Waals surface area contributed by atoms with Crippen molar-refractivity contribution in [1.82, 2.24) is 14.7 Å². The molecular weight excluding hydrogens is 340 g/mol. The third-order valence-electron chi connectivity index (χ3n) is 4.22. The van der Waals surface area contributed by atoms with E-state index in [9.17, 15) is 9.59 Å². The predicted octanol–water partition coefficient (Wildman–Crippen LogP) is 3.44. The van der Waals surface area contributed by atoms with Crippen molar-refractivity contribution in [3.05, 3.63) is 77.1 Å². The Morgan fingerprint density at radius 3 is 2.37 bits per heavy atom. The molecule has 0 saturated carbocycles. The first-order valence-corrected chi connectivity index (χ1v) is 8.62. The summed E-state index contributed by atoms with van der Waals surface area (Å²) in [5, 5.41) is 7.28. The van der Waals surface area contributed by atoms with Crippen molar-refractivity contribution in [2.45, 2.75) is 13.8 Å². The molecule has 2 aromatic carbocycles. The largest absolute Gasteiger partial charge is 0.345 e. The smallest absolute Gasteiger partial charge is 0.259 e. The lowest BCUT2D eigenvalue weighted by molar-refractivity contribution is 0.0828. The quantitative estimate of drug-likeness (QED) is 0.773. The molecule has 0 spiro atoms. The normalized spacial score (nSPS) is 10.5. The van der Waals surface area contributed by atoms with Gasteiger partial charge in [-0.2, -0.15) is 5.10 Å². The molecule has 3 aromatic rings. The molecule has 3 rings (SSSR count). The molecule has 6 heteroatoms. The summed E-state index contributed by atoms with van der Waals surface area (Å²) in [4.78, 5) is 26.8. The number of rotatable bonds is 4. The minimum Gasteiger partial charge on any atom is -0.345 e. The van der Waals surface area contributed by atoms with E-state index in [1.54, 1.807) is 44.0 Å². The molecule has 0 saturated heterocycles. The van der Waals surface area contributed by atoms with Crippen LogP contribution in [0.3, 0.4) is 0 Å². The van der Waals surface area contributed by atoms with E-state index in [2.05, 4.69) is 10.4 Å². The van der Waals surface area contributed by atoms with E-state index in [1.165, 1.54) is 4.90 Å². The summed E-state index contributed by atoms with van der Waals surface area (Å²) in [6.45, 7) is 3.70. The highest BCUT2D eigenvalue weighted by atomic mass is 16.2. The molecule has 0 radical (unpaired) electrons. The SMILES string of the molecule is Cc1ccc(NC(=O)c2cn(-c3ccccc3)nc2C)c(C(=O)N(C)C)c1. The van der Waals surface area contributed by atoms with Gasteiger partial charge in [-0.15, -0.1) is 0 Å². The van der Waals surface area contributed by atoms with Crippen molar-refractivity contribution in [2.75, 3.05) is 19.4 Å². The molecule has 0 aliphatic carbocycles. The van der Waals surface area contributed by atoms with Crippen molar-refractivity contribution < 1.29 is 9.59 Å². The summed E-state index contributed by atoms with van der Waals surface area (Å²) in [7, 11) is 3.37. The summed E-state index contributed by atoms with van der Waals surface area (Å²) in [6, 6.07) is 15.0.